The summed E-state index contributed by atoms with van der Waals surface area (Å²) in [5.41, 5.74) is 0. The monoisotopic (exact) mass is 304 g/mol. The maximum atomic E-state index is 11.6. The molecule has 0 rings (SSSR count). The van der Waals surface area contributed by atoms with E-state index >= 15 is 0 Å². The largest absolute Gasteiger partial charge is 0.508 e. The van der Waals surface area contributed by atoms with Crippen LogP contribution in [0.5, 0.6) is 0 Å². The van der Waals surface area contributed by atoms with Gasteiger partial charge in [-0.05, 0) is 33.1 Å². The van der Waals surface area contributed by atoms with Crippen LogP contribution >= 0.6 is 0 Å². The Labute approximate surface area is 127 Å². The zero-order valence-electron chi connectivity index (χ0n) is 13.7. The molecule has 124 valence electrons. The van der Waals surface area contributed by atoms with Gasteiger partial charge in [0.25, 0.3) is 0 Å². The Morgan fingerprint density at radius 1 is 0.857 bits per heavy atom. The van der Waals surface area contributed by atoms with Gasteiger partial charge in [0, 0.05) is 0 Å². The lowest BCUT2D eigenvalue weighted by Gasteiger charge is -2.24. The second-order valence-corrected chi connectivity index (χ2v) is 5.00. The first-order chi connectivity index (χ1) is 9.94. The van der Waals surface area contributed by atoms with E-state index < -0.39 is 24.5 Å². The maximum Gasteiger partial charge on any atom is 0.508 e. The third kappa shape index (κ3) is 9.15. The lowest BCUT2D eigenvalue weighted by Crippen LogP contribution is -2.35. The molecular weight excluding hydrogens is 276 g/mol. The molecule has 0 spiro atoms. The summed E-state index contributed by atoms with van der Waals surface area (Å²) in [4.78, 5) is 23.1. The van der Waals surface area contributed by atoms with Gasteiger partial charge in [-0.15, -0.1) is 0 Å². The number of hydrogen-bond acceptors (Lipinski definition) is 6. The fourth-order valence-electron chi connectivity index (χ4n) is 1.65. The van der Waals surface area contributed by atoms with Gasteiger partial charge in [-0.25, -0.2) is 9.59 Å². The highest BCUT2D eigenvalue weighted by Crippen LogP contribution is 2.14. The van der Waals surface area contributed by atoms with Gasteiger partial charge in [0.2, 0.25) is 0 Å². The van der Waals surface area contributed by atoms with E-state index in [9.17, 15) is 9.59 Å². The molecule has 0 aliphatic carbocycles. The zero-order chi connectivity index (χ0) is 16.3. The third-order valence-corrected chi connectivity index (χ3v) is 2.76. The molecule has 0 saturated carbocycles. The number of ether oxygens (including phenoxy) is 4. The molecular formula is C15H28O6. The lowest BCUT2D eigenvalue weighted by molar-refractivity contribution is -0.0627. The quantitative estimate of drug-likeness (QED) is 0.472. The fraction of sp³-hybridized carbons (Fsp3) is 0.867. The predicted molar refractivity (Wildman–Crippen MR) is 78.2 cm³/mol. The van der Waals surface area contributed by atoms with E-state index in [0.29, 0.717) is 19.4 Å². The molecule has 0 aliphatic heterocycles. The van der Waals surface area contributed by atoms with Gasteiger partial charge in [0.1, 0.15) is 12.2 Å². The Bertz CT molecular complexity index is 303. The van der Waals surface area contributed by atoms with Crippen molar-refractivity contribution in [2.45, 2.75) is 78.6 Å². The van der Waals surface area contributed by atoms with E-state index in [4.69, 9.17) is 18.9 Å². The average molecular weight is 304 g/mol. The molecule has 21 heavy (non-hydrogen) atoms. The van der Waals surface area contributed by atoms with E-state index in [0.717, 1.165) is 12.8 Å². The topological polar surface area (TPSA) is 71.1 Å². The molecule has 0 aromatic carbocycles. The van der Waals surface area contributed by atoms with Crippen LogP contribution in [0.2, 0.25) is 0 Å². The van der Waals surface area contributed by atoms with Crippen LogP contribution < -0.4 is 0 Å². The fourth-order valence-corrected chi connectivity index (χ4v) is 1.65. The Morgan fingerprint density at radius 3 is 1.81 bits per heavy atom. The van der Waals surface area contributed by atoms with Crippen molar-refractivity contribution in [1.29, 1.82) is 0 Å². The van der Waals surface area contributed by atoms with Crippen molar-refractivity contribution in [3.8, 4) is 0 Å². The molecule has 2 atom stereocenters. The van der Waals surface area contributed by atoms with Gasteiger partial charge in [-0.2, -0.15) is 0 Å². The van der Waals surface area contributed by atoms with Gasteiger partial charge in [-0.3, -0.25) is 0 Å². The molecule has 0 N–H and O–H groups in total. The molecule has 0 amide bonds. The smallest absolute Gasteiger partial charge is 0.434 e. The Hall–Kier alpha value is -1.46. The van der Waals surface area contributed by atoms with Gasteiger partial charge in [0.15, 0.2) is 0 Å². The number of rotatable bonds is 9. The second kappa shape index (κ2) is 11.2. The first-order valence-electron chi connectivity index (χ1n) is 7.65. The van der Waals surface area contributed by atoms with Crippen LogP contribution in [0.3, 0.4) is 0 Å². The summed E-state index contributed by atoms with van der Waals surface area (Å²) in [6.45, 7) is 9.51. The molecule has 6 heteroatoms. The molecule has 0 aliphatic rings. The van der Waals surface area contributed by atoms with Gasteiger partial charge < -0.3 is 18.9 Å². The van der Waals surface area contributed by atoms with Crippen LogP contribution in [0.1, 0.15) is 60.3 Å². The summed E-state index contributed by atoms with van der Waals surface area (Å²) in [7, 11) is 0. The van der Waals surface area contributed by atoms with Crippen LogP contribution in [0.25, 0.3) is 0 Å². The van der Waals surface area contributed by atoms with Crippen LogP contribution in [0.4, 0.5) is 9.59 Å². The average Bonchev–Trinajstić information content (AvgIpc) is 2.42. The van der Waals surface area contributed by atoms with Crippen molar-refractivity contribution in [3.63, 3.8) is 0 Å². The summed E-state index contributed by atoms with van der Waals surface area (Å²) in [5, 5.41) is 0. The third-order valence-electron chi connectivity index (χ3n) is 2.76. The number of hydrogen-bond donors (Lipinski definition) is 0. The van der Waals surface area contributed by atoms with Gasteiger partial charge in [0.05, 0.1) is 12.7 Å². The highest BCUT2D eigenvalue weighted by Gasteiger charge is 2.27. The summed E-state index contributed by atoms with van der Waals surface area (Å²) in [6, 6.07) is 0. The van der Waals surface area contributed by atoms with Crippen molar-refractivity contribution in [2.75, 3.05) is 6.61 Å². The maximum absolute atomic E-state index is 11.6. The van der Waals surface area contributed by atoms with Gasteiger partial charge in [-0.1, -0.05) is 27.2 Å². The van der Waals surface area contributed by atoms with Gasteiger partial charge >= 0.3 is 12.3 Å². The highest BCUT2D eigenvalue weighted by molar-refractivity contribution is 5.61. The number of carbonyl (C=O) groups excluding carboxylic acids is 2. The Morgan fingerprint density at radius 2 is 1.38 bits per heavy atom. The zero-order valence-corrected chi connectivity index (χ0v) is 13.7. The minimum absolute atomic E-state index is 0.255. The Balaban J connectivity index is 4.37. The van der Waals surface area contributed by atoms with E-state index in [-0.39, 0.29) is 6.10 Å². The summed E-state index contributed by atoms with van der Waals surface area (Å²) >= 11 is 0. The van der Waals surface area contributed by atoms with E-state index in [1.54, 1.807) is 13.8 Å². The lowest BCUT2D eigenvalue weighted by atomic mass is 10.1. The molecule has 0 aromatic heterocycles. The first kappa shape index (κ1) is 19.5. The van der Waals surface area contributed by atoms with Crippen LogP contribution in [-0.2, 0) is 18.9 Å². The second-order valence-electron chi connectivity index (χ2n) is 5.00. The van der Waals surface area contributed by atoms with Crippen LogP contribution in [0.15, 0.2) is 0 Å². The van der Waals surface area contributed by atoms with Crippen molar-refractivity contribution < 1.29 is 28.5 Å². The van der Waals surface area contributed by atoms with E-state index in [2.05, 4.69) is 0 Å². The molecule has 0 heterocycles. The van der Waals surface area contributed by atoms with Crippen LogP contribution in [-0.4, -0.2) is 37.2 Å². The van der Waals surface area contributed by atoms with E-state index in [1.165, 1.54) is 0 Å². The van der Waals surface area contributed by atoms with E-state index in [1.807, 2.05) is 20.8 Å². The standard InChI is InChI=1S/C15H28O6/c1-6-9-10-18-14(16)20-12(7-2)13(8-3)21-15(17)19-11(4)5/h11-13H,6-10H2,1-5H3. The van der Waals surface area contributed by atoms with Crippen LogP contribution in [0, 0.1) is 0 Å². The van der Waals surface area contributed by atoms with Crippen molar-refractivity contribution in [3.05, 3.63) is 0 Å². The number of unbranched alkanes of at least 4 members (excludes halogenated alkanes) is 1. The summed E-state index contributed by atoms with van der Waals surface area (Å²) < 4.78 is 20.3. The van der Waals surface area contributed by atoms with Crippen molar-refractivity contribution >= 4 is 12.3 Å². The summed E-state index contributed by atoms with van der Waals surface area (Å²) in [5.74, 6) is 0. The molecule has 0 saturated heterocycles. The van der Waals surface area contributed by atoms with Crippen molar-refractivity contribution in [1.82, 2.24) is 0 Å². The highest BCUT2D eigenvalue weighted by atomic mass is 16.8. The summed E-state index contributed by atoms with van der Waals surface area (Å²) in [6.07, 6.45) is -0.0387. The SMILES string of the molecule is CCCCOC(=O)OC(CC)C(CC)OC(=O)OC(C)C. The molecule has 6 nitrogen and oxygen atoms in total. The molecule has 0 bridgehead atoms. The molecule has 0 aromatic rings. The molecule has 0 radical (unpaired) electrons. The molecule has 0 fully saturated rings. The minimum Gasteiger partial charge on any atom is -0.434 e. The minimum atomic E-state index is -0.752. The predicted octanol–water partition coefficient (Wildman–Crippen LogP) is 4.06. The number of carbonyl (C=O) groups is 2. The Kier molecular flexibility index (Phi) is 10.4. The normalized spacial score (nSPS) is 13.4. The van der Waals surface area contributed by atoms with Crippen molar-refractivity contribution in [2.24, 2.45) is 0 Å². The first-order valence-corrected chi connectivity index (χ1v) is 7.65. The molecule has 2 unspecified atom stereocenters.